The first-order valence-electron chi connectivity index (χ1n) is 7.71. The Kier molecular flexibility index (Phi) is 5.46. The van der Waals surface area contributed by atoms with Gasteiger partial charge in [-0.2, -0.15) is 0 Å². The molecular formula is C15H26N2O3S. The molecule has 0 radical (unpaired) electrons. The summed E-state index contributed by atoms with van der Waals surface area (Å²) in [5.41, 5.74) is 0.733. The Bertz CT molecular complexity index is 570. The highest BCUT2D eigenvalue weighted by Gasteiger charge is 2.29. The SMILES string of the molecule is CNCc1c(C)oc(C)c1S(=O)(=O)NC1CCCCCC1. The first-order chi connectivity index (χ1) is 9.95. The smallest absolute Gasteiger partial charge is 0.244 e. The van der Waals surface area contributed by atoms with Gasteiger partial charge in [0.05, 0.1) is 0 Å². The van der Waals surface area contributed by atoms with Crippen LogP contribution in [0.4, 0.5) is 0 Å². The summed E-state index contributed by atoms with van der Waals surface area (Å²) in [5, 5.41) is 3.01. The fraction of sp³-hybridized carbons (Fsp3) is 0.733. The molecule has 0 amide bonds. The summed E-state index contributed by atoms with van der Waals surface area (Å²) in [4.78, 5) is 0.318. The molecule has 1 heterocycles. The third kappa shape index (κ3) is 3.87. The van der Waals surface area contributed by atoms with Crippen LogP contribution in [0.5, 0.6) is 0 Å². The van der Waals surface area contributed by atoms with Gasteiger partial charge in [0.1, 0.15) is 16.4 Å². The van der Waals surface area contributed by atoms with Gasteiger partial charge < -0.3 is 9.73 Å². The molecule has 1 aromatic rings. The molecule has 0 aliphatic heterocycles. The second-order valence-electron chi connectivity index (χ2n) is 5.86. The van der Waals surface area contributed by atoms with Crippen LogP contribution in [0.1, 0.15) is 55.6 Å². The van der Waals surface area contributed by atoms with Gasteiger partial charge in [-0.3, -0.25) is 0 Å². The van der Waals surface area contributed by atoms with Gasteiger partial charge in [-0.05, 0) is 33.7 Å². The van der Waals surface area contributed by atoms with Gasteiger partial charge in [0.15, 0.2) is 0 Å². The molecule has 21 heavy (non-hydrogen) atoms. The summed E-state index contributed by atoms with van der Waals surface area (Å²) in [7, 11) is -1.72. The predicted octanol–water partition coefficient (Wildman–Crippen LogP) is 2.62. The van der Waals surface area contributed by atoms with Crippen molar-refractivity contribution in [2.24, 2.45) is 0 Å². The van der Waals surface area contributed by atoms with Crippen molar-refractivity contribution >= 4 is 10.0 Å². The van der Waals surface area contributed by atoms with Crippen molar-refractivity contribution < 1.29 is 12.8 Å². The Balaban J connectivity index is 2.26. The van der Waals surface area contributed by atoms with E-state index in [1.54, 1.807) is 14.0 Å². The van der Waals surface area contributed by atoms with Crippen molar-refractivity contribution in [2.75, 3.05) is 7.05 Å². The van der Waals surface area contributed by atoms with E-state index in [2.05, 4.69) is 10.0 Å². The number of aryl methyl sites for hydroxylation is 2. The van der Waals surface area contributed by atoms with Crippen molar-refractivity contribution in [1.29, 1.82) is 0 Å². The number of furan rings is 1. The second kappa shape index (κ2) is 6.94. The predicted molar refractivity (Wildman–Crippen MR) is 82.8 cm³/mol. The topological polar surface area (TPSA) is 71.3 Å². The molecule has 1 fully saturated rings. The molecule has 0 aromatic carbocycles. The summed E-state index contributed by atoms with van der Waals surface area (Å²) in [6.45, 7) is 4.02. The molecule has 1 aromatic heterocycles. The van der Waals surface area contributed by atoms with E-state index in [0.717, 1.165) is 31.2 Å². The van der Waals surface area contributed by atoms with Crippen molar-refractivity contribution in [3.63, 3.8) is 0 Å². The molecule has 1 aliphatic carbocycles. The highest BCUT2D eigenvalue weighted by Crippen LogP contribution is 2.28. The molecule has 6 heteroatoms. The van der Waals surface area contributed by atoms with Gasteiger partial charge in [-0.1, -0.05) is 25.7 Å². The Morgan fingerprint density at radius 1 is 1.10 bits per heavy atom. The number of hydrogen-bond donors (Lipinski definition) is 2. The van der Waals surface area contributed by atoms with E-state index >= 15 is 0 Å². The van der Waals surface area contributed by atoms with Crippen LogP contribution >= 0.6 is 0 Å². The van der Waals surface area contributed by atoms with Crippen molar-refractivity contribution in [3.05, 3.63) is 17.1 Å². The fourth-order valence-electron chi connectivity index (χ4n) is 3.12. The van der Waals surface area contributed by atoms with Crippen LogP contribution in [0.15, 0.2) is 9.31 Å². The first kappa shape index (κ1) is 16.5. The lowest BCUT2D eigenvalue weighted by molar-refractivity contribution is 0.489. The van der Waals surface area contributed by atoms with Crippen LogP contribution in [0.2, 0.25) is 0 Å². The van der Waals surface area contributed by atoms with Gasteiger partial charge in [0, 0.05) is 18.2 Å². The Morgan fingerprint density at radius 3 is 2.29 bits per heavy atom. The molecule has 0 saturated heterocycles. The van der Waals surface area contributed by atoms with Crippen molar-refractivity contribution in [3.8, 4) is 0 Å². The van der Waals surface area contributed by atoms with Crippen LogP contribution in [0.25, 0.3) is 0 Å². The lowest BCUT2D eigenvalue weighted by Gasteiger charge is -2.17. The standard InChI is InChI=1S/C15H26N2O3S/c1-11-14(10-16-3)15(12(2)20-11)21(18,19)17-13-8-6-4-5-7-9-13/h13,16-17H,4-10H2,1-3H3. The Hall–Kier alpha value is -0.850. The normalized spacial score (nSPS) is 17.9. The molecule has 1 saturated carbocycles. The zero-order valence-corrected chi connectivity index (χ0v) is 14.0. The summed E-state index contributed by atoms with van der Waals surface area (Å²) in [5.74, 6) is 1.14. The van der Waals surface area contributed by atoms with Crippen molar-refractivity contribution in [2.45, 2.75) is 69.9 Å². The van der Waals surface area contributed by atoms with Crippen LogP contribution in [-0.4, -0.2) is 21.5 Å². The molecule has 2 N–H and O–H groups in total. The van der Waals surface area contributed by atoms with Gasteiger partial charge in [-0.25, -0.2) is 13.1 Å². The van der Waals surface area contributed by atoms with Crippen molar-refractivity contribution in [1.82, 2.24) is 10.0 Å². The van der Waals surface area contributed by atoms with Gasteiger partial charge >= 0.3 is 0 Å². The zero-order valence-electron chi connectivity index (χ0n) is 13.2. The Labute approximate surface area is 127 Å². The van der Waals surface area contributed by atoms with Crippen LogP contribution in [0.3, 0.4) is 0 Å². The number of hydrogen-bond acceptors (Lipinski definition) is 4. The quantitative estimate of drug-likeness (QED) is 0.820. The van der Waals surface area contributed by atoms with Gasteiger partial charge in [-0.15, -0.1) is 0 Å². The van der Waals surface area contributed by atoms with E-state index in [1.807, 2.05) is 6.92 Å². The summed E-state index contributed by atoms with van der Waals surface area (Å²) in [6.07, 6.45) is 6.45. The monoisotopic (exact) mass is 314 g/mol. The minimum atomic E-state index is -3.52. The zero-order chi connectivity index (χ0) is 15.5. The molecule has 0 spiro atoms. The number of rotatable bonds is 5. The summed E-state index contributed by atoms with van der Waals surface area (Å²) >= 11 is 0. The van der Waals surface area contributed by atoms with Crippen LogP contribution in [-0.2, 0) is 16.6 Å². The first-order valence-corrected chi connectivity index (χ1v) is 9.20. The van der Waals surface area contributed by atoms with E-state index in [-0.39, 0.29) is 6.04 Å². The average molecular weight is 314 g/mol. The minimum absolute atomic E-state index is 0.0505. The molecule has 0 unspecified atom stereocenters. The maximum absolute atomic E-state index is 12.7. The number of sulfonamides is 1. The lowest BCUT2D eigenvalue weighted by atomic mass is 10.1. The van der Waals surface area contributed by atoms with Gasteiger partial charge in [0.2, 0.25) is 10.0 Å². The Morgan fingerprint density at radius 2 is 1.71 bits per heavy atom. The third-order valence-electron chi connectivity index (χ3n) is 4.12. The highest BCUT2D eigenvalue weighted by molar-refractivity contribution is 7.89. The molecule has 2 rings (SSSR count). The lowest BCUT2D eigenvalue weighted by Crippen LogP contribution is -2.35. The average Bonchev–Trinajstić information content (AvgIpc) is 2.58. The molecule has 1 aliphatic rings. The van der Waals surface area contributed by atoms with Gasteiger partial charge in [0.25, 0.3) is 0 Å². The van der Waals surface area contributed by atoms with Crippen LogP contribution < -0.4 is 10.0 Å². The summed E-state index contributed by atoms with van der Waals surface area (Å²) < 4.78 is 33.9. The van der Waals surface area contributed by atoms with E-state index in [9.17, 15) is 8.42 Å². The fourth-order valence-corrected chi connectivity index (χ4v) is 4.87. The van der Waals surface area contributed by atoms with E-state index in [0.29, 0.717) is 23.0 Å². The molecule has 5 nitrogen and oxygen atoms in total. The molecule has 120 valence electrons. The largest absolute Gasteiger partial charge is 0.465 e. The minimum Gasteiger partial charge on any atom is -0.465 e. The maximum atomic E-state index is 12.7. The highest BCUT2D eigenvalue weighted by atomic mass is 32.2. The van der Waals surface area contributed by atoms with E-state index in [4.69, 9.17) is 4.42 Å². The molecule has 0 bridgehead atoms. The number of nitrogens with one attached hydrogen (secondary N) is 2. The molecule has 0 atom stereocenters. The van der Waals surface area contributed by atoms with E-state index < -0.39 is 10.0 Å². The maximum Gasteiger partial charge on any atom is 0.244 e. The third-order valence-corrected chi connectivity index (χ3v) is 5.84. The second-order valence-corrected chi connectivity index (χ2v) is 7.51. The van der Waals surface area contributed by atoms with E-state index in [1.165, 1.54) is 12.8 Å². The van der Waals surface area contributed by atoms with Crippen LogP contribution in [0, 0.1) is 13.8 Å². The summed E-state index contributed by atoms with van der Waals surface area (Å²) in [6, 6.07) is 0.0505. The molecular weight excluding hydrogens is 288 g/mol.